The Morgan fingerprint density at radius 2 is 1.94 bits per heavy atom. The zero-order chi connectivity index (χ0) is 13.4. The van der Waals surface area contributed by atoms with Crippen molar-refractivity contribution < 1.29 is 14.3 Å². The van der Waals surface area contributed by atoms with Gasteiger partial charge >= 0.3 is 5.97 Å². The molecule has 5 heteroatoms. The quantitative estimate of drug-likeness (QED) is 0.650. The van der Waals surface area contributed by atoms with Crippen LogP contribution in [0.4, 0.5) is 0 Å². The Morgan fingerprint density at radius 3 is 2.35 bits per heavy atom. The summed E-state index contributed by atoms with van der Waals surface area (Å²) >= 11 is 0. The maximum atomic E-state index is 11.6. The Morgan fingerprint density at radius 1 is 1.35 bits per heavy atom. The van der Waals surface area contributed by atoms with Crippen molar-refractivity contribution >= 4 is 11.9 Å². The van der Waals surface area contributed by atoms with Gasteiger partial charge in [-0.3, -0.25) is 4.79 Å². The lowest BCUT2D eigenvalue weighted by Crippen LogP contribution is -2.44. The molecule has 0 aromatic heterocycles. The zero-order valence-corrected chi connectivity index (χ0v) is 11.2. The first-order valence-corrected chi connectivity index (χ1v) is 6.03. The average molecular weight is 244 g/mol. The van der Waals surface area contributed by atoms with Crippen LogP contribution >= 0.6 is 0 Å². The summed E-state index contributed by atoms with van der Waals surface area (Å²) in [5, 5.41) is 2.67. The van der Waals surface area contributed by atoms with Gasteiger partial charge in [-0.2, -0.15) is 0 Å². The molecule has 5 nitrogen and oxygen atoms in total. The van der Waals surface area contributed by atoms with Crippen LogP contribution in [0, 0.1) is 5.92 Å². The maximum absolute atomic E-state index is 11.6. The summed E-state index contributed by atoms with van der Waals surface area (Å²) in [6.45, 7) is 5.89. The maximum Gasteiger partial charge on any atom is 0.328 e. The second-order valence-electron chi connectivity index (χ2n) is 4.65. The molecule has 0 radical (unpaired) electrons. The molecule has 0 aliphatic rings. The topological polar surface area (TPSA) is 81.4 Å². The number of ether oxygens (including phenoxy) is 1. The molecule has 0 fully saturated rings. The van der Waals surface area contributed by atoms with E-state index in [9.17, 15) is 9.59 Å². The Bertz CT molecular complexity index is 254. The van der Waals surface area contributed by atoms with E-state index in [0.717, 1.165) is 6.42 Å². The average Bonchev–Trinajstić information content (AvgIpc) is 2.26. The number of carbonyl (C=O) groups excluding carboxylic acids is 2. The minimum absolute atomic E-state index is 0.160. The number of nitrogens with two attached hydrogens (primary N) is 1. The summed E-state index contributed by atoms with van der Waals surface area (Å²) in [6.07, 6.45) is 1.54. The lowest BCUT2D eigenvalue weighted by molar-refractivity contribution is -0.145. The summed E-state index contributed by atoms with van der Waals surface area (Å²) in [6, 6.07) is -0.732. The van der Waals surface area contributed by atoms with Gasteiger partial charge < -0.3 is 15.8 Å². The molecule has 0 saturated heterocycles. The van der Waals surface area contributed by atoms with Crippen LogP contribution in [-0.2, 0) is 14.3 Å². The van der Waals surface area contributed by atoms with E-state index in [1.165, 1.54) is 7.11 Å². The van der Waals surface area contributed by atoms with Crippen molar-refractivity contribution in [1.29, 1.82) is 0 Å². The van der Waals surface area contributed by atoms with Gasteiger partial charge in [0.15, 0.2) is 0 Å². The van der Waals surface area contributed by atoms with E-state index in [4.69, 9.17) is 5.73 Å². The van der Waals surface area contributed by atoms with Crippen molar-refractivity contribution in [1.82, 2.24) is 5.32 Å². The highest BCUT2D eigenvalue weighted by Crippen LogP contribution is 2.07. The highest BCUT2D eigenvalue weighted by Gasteiger charge is 2.22. The number of rotatable bonds is 7. The number of hydrogen-bond acceptors (Lipinski definition) is 4. The predicted octanol–water partition coefficient (Wildman–Crippen LogP) is 0.818. The second-order valence-corrected chi connectivity index (χ2v) is 4.65. The fraction of sp³-hybridized carbons (Fsp3) is 0.833. The number of methoxy groups -OCH3 is 1. The van der Waals surface area contributed by atoms with Crippen LogP contribution in [0.2, 0.25) is 0 Å². The van der Waals surface area contributed by atoms with Gasteiger partial charge in [0.25, 0.3) is 0 Å². The molecule has 2 unspecified atom stereocenters. The standard InChI is InChI=1S/C12H24N2O3/c1-5-9(13)7-11(15)14-10(6-8(2)3)12(16)17-4/h8-10H,5-7,13H2,1-4H3,(H,14,15). The molecule has 0 aliphatic heterocycles. The van der Waals surface area contributed by atoms with Crippen LogP contribution in [-0.4, -0.2) is 31.1 Å². The number of hydrogen-bond donors (Lipinski definition) is 2. The highest BCUT2D eigenvalue weighted by molar-refractivity contribution is 5.84. The number of nitrogens with one attached hydrogen (secondary N) is 1. The summed E-state index contributed by atoms with van der Waals surface area (Å²) in [5.41, 5.74) is 5.68. The lowest BCUT2D eigenvalue weighted by Gasteiger charge is -2.19. The fourth-order valence-corrected chi connectivity index (χ4v) is 1.46. The molecule has 3 N–H and O–H groups in total. The van der Waals surface area contributed by atoms with Gasteiger partial charge in [-0.05, 0) is 18.8 Å². The molecule has 0 heterocycles. The molecule has 0 aromatic rings. The molecule has 0 rings (SSSR count). The van der Waals surface area contributed by atoms with Crippen molar-refractivity contribution in [2.75, 3.05) is 7.11 Å². The molecular weight excluding hydrogens is 220 g/mol. The number of esters is 1. The SMILES string of the molecule is CCC(N)CC(=O)NC(CC(C)C)C(=O)OC. The zero-order valence-electron chi connectivity index (χ0n) is 11.2. The first-order valence-electron chi connectivity index (χ1n) is 6.03. The molecule has 1 amide bonds. The van der Waals surface area contributed by atoms with Gasteiger partial charge in [-0.1, -0.05) is 20.8 Å². The second kappa shape index (κ2) is 8.06. The molecule has 0 saturated carbocycles. The van der Waals surface area contributed by atoms with Gasteiger partial charge in [-0.15, -0.1) is 0 Å². The van der Waals surface area contributed by atoms with Crippen molar-refractivity contribution in [3.8, 4) is 0 Å². The largest absolute Gasteiger partial charge is 0.467 e. The van der Waals surface area contributed by atoms with E-state index in [-0.39, 0.29) is 18.4 Å². The van der Waals surface area contributed by atoms with Crippen LogP contribution < -0.4 is 11.1 Å². The molecule has 0 spiro atoms. The fourth-order valence-electron chi connectivity index (χ4n) is 1.46. The van der Waals surface area contributed by atoms with Crippen molar-refractivity contribution in [3.63, 3.8) is 0 Å². The minimum Gasteiger partial charge on any atom is -0.467 e. The Kier molecular flexibility index (Phi) is 7.54. The van der Waals surface area contributed by atoms with E-state index >= 15 is 0 Å². The summed E-state index contributed by atoms with van der Waals surface area (Å²) in [4.78, 5) is 23.1. The van der Waals surface area contributed by atoms with E-state index in [2.05, 4.69) is 10.1 Å². The summed E-state index contributed by atoms with van der Waals surface area (Å²) < 4.78 is 4.66. The van der Waals surface area contributed by atoms with E-state index in [1.54, 1.807) is 0 Å². The molecule has 0 aromatic carbocycles. The molecule has 0 bridgehead atoms. The third-order valence-corrected chi connectivity index (χ3v) is 2.50. The third kappa shape index (κ3) is 6.94. The molecular formula is C12H24N2O3. The van der Waals surface area contributed by atoms with Gasteiger partial charge in [0, 0.05) is 12.5 Å². The van der Waals surface area contributed by atoms with Gasteiger partial charge in [0.2, 0.25) is 5.91 Å². The van der Waals surface area contributed by atoms with Crippen LogP contribution in [0.3, 0.4) is 0 Å². The van der Waals surface area contributed by atoms with Crippen LogP contribution in [0.5, 0.6) is 0 Å². The molecule has 0 aliphatic carbocycles. The van der Waals surface area contributed by atoms with E-state index in [1.807, 2.05) is 20.8 Å². The van der Waals surface area contributed by atoms with Crippen molar-refractivity contribution in [2.24, 2.45) is 11.7 Å². The third-order valence-electron chi connectivity index (χ3n) is 2.50. The van der Waals surface area contributed by atoms with Crippen molar-refractivity contribution in [3.05, 3.63) is 0 Å². The van der Waals surface area contributed by atoms with Crippen LogP contribution in [0.25, 0.3) is 0 Å². The monoisotopic (exact) mass is 244 g/mol. The molecule has 17 heavy (non-hydrogen) atoms. The Hall–Kier alpha value is -1.10. The van der Waals surface area contributed by atoms with Crippen LogP contribution in [0.15, 0.2) is 0 Å². The summed E-state index contributed by atoms with van der Waals surface area (Å²) in [5.74, 6) is -0.299. The number of amides is 1. The Labute approximate surface area is 103 Å². The highest BCUT2D eigenvalue weighted by atomic mass is 16.5. The number of carbonyl (C=O) groups is 2. The first kappa shape index (κ1) is 15.9. The molecule has 2 atom stereocenters. The normalized spacial score (nSPS) is 14.2. The summed E-state index contributed by atoms with van der Waals surface area (Å²) in [7, 11) is 1.32. The minimum atomic E-state index is -0.573. The van der Waals surface area contributed by atoms with Crippen molar-refractivity contribution in [2.45, 2.75) is 52.1 Å². The van der Waals surface area contributed by atoms with Gasteiger partial charge in [0.05, 0.1) is 7.11 Å². The predicted molar refractivity (Wildman–Crippen MR) is 66.3 cm³/mol. The smallest absolute Gasteiger partial charge is 0.328 e. The van der Waals surface area contributed by atoms with Gasteiger partial charge in [0.1, 0.15) is 6.04 Å². The molecule has 100 valence electrons. The van der Waals surface area contributed by atoms with Gasteiger partial charge in [-0.25, -0.2) is 4.79 Å². The lowest BCUT2D eigenvalue weighted by atomic mass is 10.0. The van der Waals surface area contributed by atoms with Crippen LogP contribution in [0.1, 0.15) is 40.0 Å². The van der Waals surface area contributed by atoms with E-state index < -0.39 is 12.0 Å². The van der Waals surface area contributed by atoms with E-state index in [0.29, 0.717) is 12.3 Å². The first-order chi connectivity index (χ1) is 7.90. The Balaban J connectivity index is 4.32.